The molecule has 0 saturated heterocycles. The summed E-state index contributed by atoms with van der Waals surface area (Å²) in [4.78, 5) is 10.5. The lowest BCUT2D eigenvalue weighted by atomic mass is 9.80. The smallest absolute Gasteiger partial charge is 0.328 e. The highest BCUT2D eigenvalue weighted by Gasteiger charge is 2.21. The minimum absolute atomic E-state index is 0.679. The van der Waals surface area contributed by atoms with Gasteiger partial charge < -0.3 is 9.84 Å². The quantitative estimate of drug-likeness (QED) is 0.422. The average Bonchev–Trinajstić information content (AvgIpc) is 2.63. The molecule has 0 aliphatic heterocycles. The molecule has 1 N–H and O–H groups in total. The lowest BCUT2D eigenvalue weighted by Gasteiger charge is -2.28. The van der Waals surface area contributed by atoms with Crippen molar-refractivity contribution in [2.45, 2.75) is 64.7 Å². The van der Waals surface area contributed by atoms with E-state index in [-0.39, 0.29) is 0 Å². The number of carboxylic acids is 1. The fraction of sp³-hybridized carbons (Fsp3) is 0.591. The Balaban J connectivity index is 1.64. The first-order valence-corrected chi connectivity index (χ1v) is 9.81. The minimum Gasteiger partial charge on any atom is -0.493 e. The van der Waals surface area contributed by atoms with Gasteiger partial charge in [-0.2, -0.15) is 0 Å². The summed E-state index contributed by atoms with van der Waals surface area (Å²) in [6.45, 7) is 3.07. The van der Waals surface area contributed by atoms with Crippen molar-refractivity contribution in [2.24, 2.45) is 11.8 Å². The number of ether oxygens (including phenoxy) is 1. The van der Waals surface area contributed by atoms with Gasteiger partial charge in [0.1, 0.15) is 5.75 Å². The average molecular weight is 344 g/mol. The number of aliphatic carboxylic acids is 1. The predicted molar refractivity (Wildman–Crippen MR) is 103 cm³/mol. The van der Waals surface area contributed by atoms with E-state index in [1.54, 1.807) is 6.08 Å². The maximum atomic E-state index is 10.5. The molecule has 2 rings (SSSR count). The highest BCUT2D eigenvalue weighted by Crippen LogP contribution is 2.32. The molecule has 25 heavy (non-hydrogen) atoms. The highest BCUT2D eigenvalue weighted by molar-refractivity contribution is 5.85. The van der Waals surface area contributed by atoms with Crippen molar-refractivity contribution in [1.82, 2.24) is 0 Å². The molecule has 1 saturated carbocycles. The Bertz CT molecular complexity index is 525. The first-order chi connectivity index (χ1) is 12.2. The van der Waals surface area contributed by atoms with Gasteiger partial charge in [0.25, 0.3) is 0 Å². The Hall–Kier alpha value is -1.77. The molecule has 1 aliphatic rings. The molecule has 1 aromatic rings. The monoisotopic (exact) mass is 344 g/mol. The van der Waals surface area contributed by atoms with Gasteiger partial charge in [-0.1, -0.05) is 64.0 Å². The number of hydrogen-bond donors (Lipinski definition) is 1. The fourth-order valence-corrected chi connectivity index (χ4v) is 3.60. The van der Waals surface area contributed by atoms with Gasteiger partial charge in [-0.15, -0.1) is 0 Å². The third-order valence-electron chi connectivity index (χ3n) is 5.22. The molecule has 0 aromatic heterocycles. The van der Waals surface area contributed by atoms with Crippen LogP contribution in [0.5, 0.6) is 5.75 Å². The summed E-state index contributed by atoms with van der Waals surface area (Å²) >= 11 is 0. The van der Waals surface area contributed by atoms with E-state index in [2.05, 4.69) is 6.92 Å². The number of hydrogen-bond acceptors (Lipinski definition) is 2. The van der Waals surface area contributed by atoms with E-state index in [4.69, 9.17) is 9.84 Å². The van der Waals surface area contributed by atoms with Crippen LogP contribution in [0.4, 0.5) is 0 Å². The molecule has 3 heteroatoms. The Morgan fingerprint density at radius 1 is 1.08 bits per heavy atom. The SMILES string of the molecule is CCCCCC[C@H]1CC[C@H](COc2ccc(/C=C/C(=O)O)cc2)CC1. The van der Waals surface area contributed by atoms with Crippen LogP contribution in [-0.4, -0.2) is 17.7 Å². The number of unbranched alkanes of at least 4 members (excludes halogenated alkanes) is 3. The molecule has 0 heterocycles. The van der Waals surface area contributed by atoms with Crippen molar-refractivity contribution in [3.05, 3.63) is 35.9 Å². The molecule has 0 unspecified atom stereocenters. The van der Waals surface area contributed by atoms with E-state index in [9.17, 15) is 4.79 Å². The van der Waals surface area contributed by atoms with Gasteiger partial charge >= 0.3 is 5.97 Å². The van der Waals surface area contributed by atoms with E-state index in [0.717, 1.165) is 29.9 Å². The number of carboxylic acid groups (broad SMARTS) is 1. The van der Waals surface area contributed by atoms with Crippen LogP contribution in [0.2, 0.25) is 0 Å². The molecule has 1 aromatic carbocycles. The second kappa shape index (κ2) is 11.0. The summed E-state index contributed by atoms with van der Waals surface area (Å²) in [6, 6.07) is 7.62. The van der Waals surface area contributed by atoms with Gasteiger partial charge in [-0.05, 0) is 48.4 Å². The van der Waals surface area contributed by atoms with E-state index >= 15 is 0 Å². The Labute approximate surface area is 152 Å². The van der Waals surface area contributed by atoms with Crippen molar-refractivity contribution >= 4 is 12.0 Å². The molecule has 138 valence electrons. The topological polar surface area (TPSA) is 46.5 Å². The molecule has 1 aliphatic carbocycles. The molecule has 1 fully saturated rings. The maximum Gasteiger partial charge on any atom is 0.328 e. The fourth-order valence-electron chi connectivity index (χ4n) is 3.60. The highest BCUT2D eigenvalue weighted by atomic mass is 16.5. The zero-order valence-corrected chi connectivity index (χ0v) is 15.5. The molecule has 0 atom stereocenters. The first kappa shape index (κ1) is 19.6. The van der Waals surface area contributed by atoms with E-state index in [0.29, 0.717) is 5.92 Å². The van der Waals surface area contributed by atoms with Crippen LogP contribution in [-0.2, 0) is 4.79 Å². The van der Waals surface area contributed by atoms with Crippen LogP contribution in [0.1, 0.15) is 70.3 Å². The number of benzene rings is 1. The zero-order chi connectivity index (χ0) is 17.9. The van der Waals surface area contributed by atoms with Crippen LogP contribution in [0, 0.1) is 11.8 Å². The van der Waals surface area contributed by atoms with Gasteiger partial charge in [0, 0.05) is 6.08 Å². The second-order valence-electron chi connectivity index (χ2n) is 7.29. The van der Waals surface area contributed by atoms with Crippen LogP contribution in [0.25, 0.3) is 6.08 Å². The van der Waals surface area contributed by atoms with Gasteiger partial charge in [0.2, 0.25) is 0 Å². The maximum absolute atomic E-state index is 10.5. The molecule has 0 spiro atoms. The van der Waals surface area contributed by atoms with Crippen LogP contribution in [0.15, 0.2) is 30.3 Å². The van der Waals surface area contributed by atoms with E-state index < -0.39 is 5.97 Å². The molecular weight excluding hydrogens is 312 g/mol. The Kier molecular flexibility index (Phi) is 8.58. The van der Waals surface area contributed by atoms with E-state index in [1.807, 2.05) is 24.3 Å². The van der Waals surface area contributed by atoms with Crippen molar-refractivity contribution in [1.29, 1.82) is 0 Å². The largest absolute Gasteiger partial charge is 0.493 e. The van der Waals surface area contributed by atoms with Crippen molar-refractivity contribution in [2.75, 3.05) is 6.61 Å². The van der Waals surface area contributed by atoms with Crippen molar-refractivity contribution in [3.8, 4) is 5.75 Å². The Morgan fingerprint density at radius 2 is 1.76 bits per heavy atom. The predicted octanol–water partition coefficient (Wildman–Crippen LogP) is 5.94. The molecule has 0 bridgehead atoms. The van der Waals surface area contributed by atoms with Gasteiger partial charge in [-0.25, -0.2) is 4.79 Å². The lowest BCUT2D eigenvalue weighted by molar-refractivity contribution is -0.131. The summed E-state index contributed by atoms with van der Waals surface area (Å²) in [5.74, 6) is 1.56. The number of carbonyl (C=O) groups is 1. The molecule has 0 amide bonds. The molecule has 0 radical (unpaired) electrons. The zero-order valence-electron chi connectivity index (χ0n) is 15.5. The summed E-state index contributed by atoms with van der Waals surface area (Å²) in [5.41, 5.74) is 0.873. The van der Waals surface area contributed by atoms with Crippen LogP contribution in [0.3, 0.4) is 0 Å². The third kappa shape index (κ3) is 7.76. The summed E-state index contributed by atoms with van der Waals surface area (Å²) in [7, 11) is 0. The second-order valence-corrected chi connectivity index (χ2v) is 7.29. The lowest BCUT2D eigenvalue weighted by Crippen LogP contribution is -2.20. The normalized spacial score (nSPS) is 20.7. The third-order valence-corrected chi connectivity index (χ3v) is 5.22. The van der Waals surface area contributed by atoms with Gasteiger partial charge in [-0.3, -0.25) is 0 Å². The van der Waals surface area contributed by atoms with Crippen LogP contribution >= 0.6 is 0 Å². The van der Waals surface area contributed by atoms with Gasteiger partial charge in [0.15, 0.2) is 0 Å². The summed E-state index contributed by atoms with van der Waals surface area (Å²) in [6.07, 6.45) is 15.0. The summed E-state index contributed by atoms with van der Waals surface area (Å²) in [5, 5.41) is 8.64. The van der Waals surface area contributed by atoms with Crippen LogP contribution < -0.4 is 4.74 Å². The van der Waals surface area contributed by atoms with Crippen molar-refractivity contribution < 1.29 is 14.6 Å². The summed E-state index contributed by atoms with van der Waals surface area (Å²) < 4.78 is 5.93. The Morgan fingerprint density at radius 3 is 2.40 bits per heavy atom. The molecule has 3 nitrogen and oxygen atoms in total. The van der Waals surface area contributed by atoms with Crippen molar-refractivity contribution in [3.63, 3.8) is 0 Å². The first-order valence-electron chi connectivity index (χ1n) is 9.81. The molecular formula is C22H32O3. The van der Waals surface area contributed by atoms with Gasteiger partial charge in [0.05, 0.1) is 6.61 Å². The number of rotatable bonds is 10. The standard InChI is InChI=1S/C22H32O3/c1-2-3-4-5-6-18-7-9-20(10-8-18)17-25-21-14-11-19(12-15-21)13-16-22(23)24/h11-16,18,20H,2-10,17H2,1H3,(H,23,24)/b16-13+/t18-,20-. The minimum atomic E-state index is -0.929. The van der Waals surface area contributed by atoms with E-state index in [1.165, 1.54) is 57.8 Å².